The van der Waals surface area contributed by atoms with Gasteiger partial charge < -0.3 is 15.2 Å². The van der Waals surface area contributed by atoms with E-state index in [1.807, 2.05) is 20.8 Å². The zero-order valence-electron chi connectivity index (χ0n) is 22.5. The summed E-state index contributed by atoms with van der Waals surface area (Å²) < 4.78 is 84.5. The number of benzene rings is 2. The summed E-state index contributed by atoms with van der Waals surface area (Å²) in [5.74, 6) is -4.06. The Kier molecular flexibility index (Phi) is 7.13. The molecule has 0 saturated carbocycles. The number of nitrogens with zero attached hydrogens (tertiary/aromatic N) is 5. The summed E-state index contributed by atoms with van der Waals surface area (Å²) in [5, 5.41) is 11.4. The van der Waals surface area contributed by atoms with Crippen molar-refractivity contribution in [3.8, 4) is 22.5 Å². The number of alkyl halides is 3. The van der Waals surface area contributed by atoms with E-state index in [9.17, 15) is 26.4 Å². The van der Waals surface area contributed by atoms with Gasteiger partial charge in [0.15, 0.2) is 9.84 Å². The van der Waals surface area contributed by atoms with Crippen molar-refractivity contribution < 1.29 is 35.3 Å². The van der Waals surface area contributed by atoms with Gasteiger partial charge in [-0.05, 0) is 23.8 Å². The van der Waals surface area contributed by atoms with E-state index in [1.165, 1.54) is 36.5 Å². The Morgan fingerprint density at radius 1 is 1.07 bits per heavy atom. The molecular formula is C27H24F4N6O4S. The Labute approximate surface area is 237 Å². The summed E-state index contributed by atoms with van der Waals surface area (Å²) in [6.07, 6.45) is -3.46. The lowest BCUT2D eigenvalue weighted by atomic mass is 9.90. The average molecular weight is 605 g/mol. The highest BCUT2D eigenvalue weighted by atomic mass is 32.2. The first kappa shape index (κ1) is 29.3. The highest BCUT2D eigenvalue weighted by molar-refractivity contribution is 7.91. The molecule has 0 aliphatic carbocycles. The van der Waals surface area contributed by atoms with Crippen molar-refractivity contribution in [2.24, 2.45) is 5.73 Å². The first-order chi connectivity index (χ1) is 19.5. The molecule has 2 N–H and O–H groups in total. The molecule has 1 aliphatic rings. The number of nitrogens with two attached hydrogens (primary N) is 1. The third-order valence-corrected chi connectivity index (χ3v) is 8.41. The van der Waals surface area contributed by atoms with E-state index in [-0.39, 0.29) is 29.2 Å². The molecule has 5 rings (SSSR count). The fourth-order valence-electron chi connectivity index (χ4n) is 4.38. The first-order valence-corrected chi connectivity index (χ1v) is 14.2. The van der Waals surface area contributed by atoms with Crippen LogP contribution in [0.15, 0.2) is 58.1 Å². The molecular weight excluding hydrogens is 580 g/mol. The summed E-state index contributed by atoms with van der Waals surface area (Å²) >= 11 is 0. The van der Waals surface area contributed by atoms with E-state index in [0.29, 0.717) is 16.8 Å². The largest absolute Gasteiger partial charge is 0.471 e. The van der Waals surface area contributed by atoms with Crippen LogP contribution >= 0.6 is 0 Å². The maximum Gasteiger partial charge on any atom is 0.471 e. The van der Waals surface area contributed by atoms with E-state index in [2.05, 4.69) is 24.9 Å². The van der Waals surface area contributed by atoms with Gasteiger partial charge in [-0.3, -0.25) is 4.79 Å². The summed E-state index contributed by atoms with van der Waals surface area (Å²) in [6, 6.07) is 8.21. The molecule has 42 heavy (non-hydrogen) atoms. The first-order valence-electron chi connectivity index (χ1n) is 12.5. The van der Waals surface area contributed by atoms with Crippen LogP contribution in [0.5, 0.6) is 0 Å². The van der Waals surface area contributed by atoms with E-state index in [1.54, 1.807) is 6.07 Å². The molecule has 4 aromatic rings. The maximum absolute atomic E-state index is 15.5. The number of halogens is 4. The van der Waals surface area contributed by atoms with Crippen molar-refractivity contribution in [3.05, 3.63) is 71.6 Å². The molecule has 1 amide bonds. The van der Waals surface area contributed by atoms with Crippen LogP contribution < -0.4 is 10.6 Å². The van der Waals surface area contributed by atoms with Gasteiger partial charge in [0.1, 0.15) is 5.82 Å². The van der Waals surface area contributed by atoms with Crippen molar-refractivity contribution in [2.45, 2.75) is 49.8 Å². The molecule has 0 fully saturated rings. The second-order valence-corrected chi connectivity index (χ2v) is 12.8. The summed E-state index contributed by atoms with van der Waals surface area (Å²) in [7, 11) is -4.17. The van der Waals surface area contributed by atoms with Crippen LogP contribution in [-0.2, 0) is 32.8 Å². The number of hydrogen-bond acceptors (Lipinski definition) is 9. The smallest absolute Gasteiger partial charge is 0.329 e. The molecule has 0 saturated heterocycles. The van der Waals surface area contributed by atoms with Crippen LogP contribution in [0.3, 0.4) is 0 Å². The molecule has 1 aliphatic heterocycles. The van der Waals surface area contributed by atoms with Crippen molar-refractivity contribution in [1.29, 1.82) is 0 Å². The number of amides is 1. The second-order valence-electron chi connectivity index (χ2n) is 10.8. The molecule has 10 nitrogen and oxygen atoms in total. The number of carbonyl (C=O) groups is 1. The molecule has 1 atom stereocenters. The van der Waals surface area contributed by atoms with Crippen molar-refractivity contribution >= 4 is 21.4 Å². The number of rotatable bonds is 4. The third kappa shape index (κ3) is 5.61. The second kappa shape index (κ2) is 10.2. The summed E-state index contributed by atoms with van der Waals surface area (Å²) in [6.45, 7) is 5.54. The average Bonchev–Trinajstić information content (AvgIpc) is 3.40. The zero-order valence-corrected chi connectivity index (χ0v) is 23.3. The van der Waals surface area contributed by atoms with Crippen LogP contribution in [-0.4, -0.2) is 46.5 Å². The molecule has 0 spiro atoms. The van der Waals surface area contributed by atoms with Gasteiger partial charge in [0, 0.05) is 22.1 Å². The van der Waals surface area contributed by atoms with Crippen LogP contribution in [0.1, 0.15) is 37.9 Å². The number of aromatic nitrogens is 4. The predicted molar refractivity (Wildman–Crippen MR) is 142 cm³/mol. The molecule has 0 radical (unpaired) electrons. The zero-order chi connectivity index (χ0) is 30.6. The van der Waals surface area contributed by atoms with Gasteiger partial charge in [0.05, 0.1) is 40.8 Å². The number of sulfone groups is 1. The molecule has 2 aromatic heterocycles. The molecule has 0 bridgehead atoms. The number of hydrogen-bond donors (Lipinski definition) is 1. The van der Waals surface area contributed by atoms with Crippen molar-refractivity contribution in [2.75, 3.05) is 10.7 Å². The Morgan fingerprint density at radius 2 is 1.76 bits per heavy atom. The van der Waals surface area contributed by atoms with Crippen LogP contribution in [0.25, 0.3) is 22.5 Å². The standard InChI is InChI=1S/C27H24F4N6O4S/c1-26(2,3)22-8-16(11-33-35-22)17-9-20-21(10-18(17)28)42(39,40)13-19(32)24(38)37(20)12-14-4-6-15(7-5-14)23-34-25(41-36-23)27(29,30)31/h4-11,19H,12-13,32H2,1-3H3/t19-/m1/s1. The monoisotopic (exact) mass is 604 g/mol. The number of carbonyl (C=O) groups excluding carboxylic acids is 1. The fourth-order valence-corrected chi connectivity index (χ4v) is 5.95. The molecule has 2 aromatic carbocycles. The lowest BCUT2D eigenvalue weighted by Gasteiger charge is -2.25. The summed E-state index contributed by atoms with van der Waals surface area (Å²) in [4.78, 5) is 17.5. The van der Waals surface area contributed by atoms with E-state index < -0.39 is 55.7 Å². The highest BCUT2D eigenvalue weighted by Gasteiger charge is 2.39. The normalized spacial score (nSPS) is 17.2. The lowest BCUT2D eigenvalue weighted by molar-refractivity contribution is -0.159. The molecule has 15 heteroatoms. The van der Waals surface area contributed by atoms with Crippen LogP contribution in [0.2, 0.25) is 0 Å². The topological polar surface area (TPSA) is 145 Å². The maximum atomic E-state index is 15.5. The molecule has 220 valence electrons. The SMILES string of the molecule is CC(C)(C)c1cc(-c2cc3c(cc2F)S(=O)(=O)C[C@@H](N)C(=O)N3Cc2ccc(-c3noc(C(F)(F)F)n3)cc2)cnn1. The van der Waals surface area contributed by atoms with Crippen LogP contribution in [0.4, 0.5) is 23.2 Å². The molecule has 0 unspecified atom stereocenters. The Morgan fingerprint density at radius 3 is 2.38 bits per heavy atom. The third-order valence-electron chi connectivity index (χ3n) is 6.61. The lowest BCUT2D eigenvalue weighted by Crippen LogP contribution is -2.45. The van der Waals surface area contributed by atoms with Crippen molar-refractivity contribution in [1.82, 2.24) is 20.3 Å². The molecule has 3 heterocycles. The summed E-state index contributed by atoms with van der Waals surface area (Å²) in [5.41, 5.74) is 7.07. The van der Waals surface area contributed by atoms with Gasteiger partial charge in [-0.15, -0.1) is 0 Å². The Bertz CT molecular complexity index is 1780. The van der Waals surface area contributed by atoms with Gasteiger partial charge in [0.25, 0.3) is 0 Å². The quantitative estimate of drug-likeness (QED) is 0.337. The van der Waals surface area contributed by atoms with E-state index in [0.717, 1.165) is 11.0 Å². The predicted octanol–water partition coefficient (Wildman–Crippen LogP) is 4.30. The number of fused-ring (bicyclic) bond motifs is 1. The minimum atomic E-state index is -4.80. The highest BCUT2D eigenvalue weighted by Crippen LogP contribution is 2.38. The van der Waals surface area contributed by atoms with Crippen LogP contribution in [0, 0.1) is 5.82 Å². The van der Waals surface area contributed by atoms with E-state index in [4.69, 9.17) is 5.73 Å². The van der Waals surface area contributed by atoms with Gasteiger partial charge in [-0.2, -0.15) is 28.4 Å². The van der Waals surface area contributed by atoms with Crippen molar-refractivity contribution in [3.63, 3.8) is 0 Å². The van der Waals surface area contributed by atoms with Gasteiger partial charge in [-0.25, -0.2) is 12.8 Å². The Balaban J connectivity index is 1.56. The fraction of sp³-hybridized carbons (Fsp3) is 0.296. The van der Waals surface area contributed by atoms with Gasteiger partial charge in [-0.1, -0.05) is 50.2 Å². The van der Waals surface area contributed by atoms with E-state index >= 15 is 4.39 Å². The van der Waals surface area contributed by atoms with Gasteiger partial charge >= 0.3 is 12.1 Å². The number of anilines is 1. The minimum absolute atomic E-state index is 0.00513. The van der Waals surface area contributed by atoms with Gasteiger partial charge in [0.2, 0.25) is 11.7 Å². The minimum Gasteiger partial charge on any atom is -0.329 e. The Hall–Kier alpha value is -4.24.